The normalized spacial score (nSPS) is 11.9. The van der Waals surface area contributed by atoms with Crippen molar-refractivity contribution in [2.75, 3.05) is 21.3 Å². The molecule has 156 valence electrons. The molecule has 0 aliphatic carbocycles. The molecule has 1 amide bonds. The molecule has 0 saturated heterocycles. The molecule has 5 nitrogen and oxygen atoms in total. The van der Waals surface area contributed by atoms with Gasteiger partial charge in [0.25, 0.3) is 0 Å². The quantitative estimate of drug-likeness (QED) is 0.523. The Balaban J connectivity index is 1.82. The van der Waals surface area contributed by atoms with E-state index in [1.807, 2.05) is 17.5 Å². The zero-order valence-electron chi connectivity index (χ0n) is 16.8. The first-order valence-electron chi connectivity index (χ1n) is 9.13. The van der Waals surface area contributed by atoms with Gasteiger partial charge in [-0.2, -0.15) is 0 Å². The number of ether oxygens (including phenoxy) is 3. The molecule has 0 saturated carbocycles. The van der Waals surface area contributed by atoms with E-state index in [1.165, 1.54) is 50.9 Å². The SMILES string of the molecule is COc1cc(/C=C/C(=O)NC(c2ccc(F)cc2)c2cccs2)cc(OC)c1OC. The number of halogens is 1. The second kappa shape index (κ2) is 9.93. The molecule has 7 heteroatoms. The zero-order valence-corrected chi connectivity index (χ0v) is 17.7. The summed E-state index contributed by atoms with van der Waals surface area (Å²) >= 11 is 1.52. The molecule has 1 unspecified atom stereocenters. The molecule has 1 N–H and O–H groups in total. The molecule has 3 aromatic rings. The highest BCUT2D eigenvalue weighted by atomic mass is 32.1. The van der Waals surface area contributed by atoms with E-state index in [2.05, 4.69) is 5.32 Å². The number of benzene rings is 2. The van der Waals surface area contributed by atoms with Crippen molar-refractivity contribution in [3.63, 3.8) is 0 Å². The monoisotopic (exact) mass is 427 g/mol. The number of hydrogen-bond donors (Lipinski definition) is 1. The fourth-order valence-corrected chi connectivity index (χ4v) is 3.79. The number of rotatable bonds is 8. The van der Waals surface area contributed by atoms with E-state index in [0.29, 0.717) is 22.8 Å². The lowest BCUT2D eigenvalue weighted by Gasteiger charge is -2.17. The van der Waals surface area contributed by atoms with E-state index in [1.54, 1.807) is 30.3 Å². The molecule has 30 heavy (non-hydrogen) atoms. The molecule has 0 bridgehead atoms. The fraction of sp³-hybridized carbons (Fsp3) is 0.174. The Labute approximate surface area is 178 Å². The molecule has 1 atom stereocenters. The second-order valence-electron chi connectivity index (χ2n) is 6.30. The third kappa shape index (κ3) is 4.99. The van der Waals surface area contributed by atoms with Crippen LogP contribution in [0.15, 0.2) is 60.0 Å². The van der Waals surface area contributed by atoms with Gasteiger partial charge in [-0.1, -0.05) is 18.2 Å². The molecule has 3 rings (SSSR count). The van der Waals surface area contributed by atoms with Crippen LogP contribution >= 0.6 is 11.3 Å². The van der Waals surface area contributed by atoms with Crippen LogP contribution in [0, 0.1) is 5.82 Å². The highest BCUT2D eigenvalue weighted by molar-refractivity contribution is 7.10. The number of hydrogen-bond acceptors (Lipinski definition) is 5. The molecule has 1 aromatic heterocycles. The molecule has 0 aliphatic rings. The summed E-state index contributed by atoms with van der Waals surface area (Å²) in [6.07, 6.45) is 3.10. The lowest BCUT2D eigenvalue weighted by Crippen LogP contribution is -2.27. The molecular formula is C23H22FNO4S. The van der Waals surface area contributed by atoms with Crippen LogP contribution in [0.2, 0.25) is 0 Å². The third-order valence-corrected chi connectivity index (χ3v) is 5.37. The van der Waals surface area contributed by atoms with E-state index < -0.39 is 0 Å². The summed E-state index contributed by atoms with van der Waals surface area (Å²) in [5.74, 6) is 0.874. The molecule has 1 heterocycles. The van der Waals surface area contributed by atoms with Gasteiger partial charge in [-0.05, 0) is 52.9 Å². The van der Waals surface area contributed by atoms with Crippen LogP contribution in [-0.4, -0.2) is 27.2 Å². The van der Waals surface area contributed by atoms with Gasteiger partial charge in [-0.15, -0.1) is 11.3 Å². The predicted molar refractivity (Wildman–Crippen MR) is 116 cm³/mol. The van der Waals surface area contributed by atoms with Gasteiger partial charge >= 0.3 is 0 Å². The third-order valence-electron chi connectivity index (χ3n) is 4.43. The molecule has 0 radical (unpaired) electrons. The Morgan fingerprint density at radius 3 is 2.23 bits per heavy atom. The van der Waals surface area contributed by atoms with E-state index in [0.717, 1.165) is 10.4 Å². The highest BCUT2D eigenvalue weighted by Gasteiger charge is 2.17. The van der Waals surface area contributed by atoms with Crippen molar-refractivity contribution in [1.82, 2.24) is 5.32 Å². The van der Waals surface area contributed by atoms with Gasteiger partial charge in [0.2, 0.25) is 11.7 Å². The fourth-order valence-electron chi connectivity index (χ4n) is 2.99. The average Bonchev–Trinajstić information content (AvgIpc) is 3.30. The van der Waals surface area contributed by atoms with Gasteiger partial charge < -0.3 is 19.5 Å². The van der Waals surface area contributed by atoms with E-state index >= 15 is 0 Å². The lowest BCUT2D eigenvalue weighted by atomic mass is 10.1. The number of amides is 1. The Hall–Kier alpha value is -3.32. The Bertz CT molecular complexity index is 991. The van der Waals surface area contributed by atoms with Gasteiger partial charge in [-0.25, -0.2) is 4.39 Å². The number of thiophene rings is 1. The topological polar surface area (TPSA) is 56.8 Å². The maximum atomic E-state index is 13.3. The minimum absolute atomic E-state index is 0.286. The van der Waals surface area contributed by atoms with E-state index in [-0.39, 0.29) is 17.8 Å². The standard InChI is InChI=1S/C23H22FNO4S/c1-27-18-13-15(14-19(28-2)23(18)29-3)6-11-21(26)25-22(20-5-4-12-30-20)16-7-9-17(24)10-8-16/h4-14,22H,1-3H3,(H,25,26)/b11-6+. The number of methoxy groups -OCH3 is 3. The Kier molecular flexibility index (Phi) is 7.08. The van der Waals surface area contributed by atoms with E-state index in [4.69, 9.17) is 14.2 Å². The van der Waals surface area contributed by atoms with Crippen molar-refractivity contribution in [1.29, 1.82) is 0 Å². The molecule has 0 aliphatic heterocycles. The van der Waals surface area contributed by atoms with Crippen LogP contribution in [0.3, 0.4) is 0 Å². The van der Waals surface area contributed by atoms with Crippen LogP contribution in [0.4, 0.5) is 4.39 Å². The molecule has 0 fully saturated rings. The first-order chi connectivity index (χ1) is 14.5. The summed E-state index contributed by atoms with van der Waals surface area (Å²) in [5.41, 5.74) is 1.52. The first kappa shape index (κ1) is 21.4. The minimum Gasteiger partial charge on any atom is -0.493 e. The average molecular weight is 427 g/mol. The van der Waals surface area contributed by atoms with Gasteiger partial charge in [0.15, 0.2) is 11.5 Å². The summed E-state index contributed by atoms with van der Waals surface area (Å²) in [6, 6.07) is 13.1. The maximum Gasteiger partial charge on any atom is 0.244 e. The van der Waals surface area contributed by atoms with Gasteiger partial charge in [0, 0.05) is 11.0 Å². The van der Waals surface area contributed by atoms with Crippen molar-refractivity contribution in [3.8, 4) is 17.2 Å². The highest BCUT2D eigenvalue weighted by Crippen LogP contribution is 2.38. The summed E-state index contributed by atoms with van der Waals surface area (Å²) in [6.45, 7) is 0. The van der Waals surface area contributed by atoms with Crippen LogP contribution in [0.25, 0.3) is 6.08 Å². The molecule has 0 spiro atoms. The zero-order chi connectivity index (χ0) is 21.5. The summed E-state index contributed by atoms with van der Waals surface area (Å²) in [4.78, 5) is 13.6. The van der Waals surface area contributed by atoms with Gasteiger partial charge in [0.05, 0.1) is 27.4 Å². The van der Waals surface area contributed by atoms with Crippen molar-refractivity contribution in [3.05, 3.63) is 81.8 Å². The van der Waals surface area contributed by atoms with Gasteiger partial charge in [0.1, 0.15) is 5.82 Å². The smallest absolute Gasteiger partial charge is 0.244 e. The summed E-state index contributed by atoms with van der Waals surface area (Å²) in [7, 11) is 4.60. The molecule has 2 aromatic carbocycles. The number of carbonyl (C=O) groups is 1. The summed E-state index contributed by atoms with van der Waals surface area (Å²) in [5, 5.41) is 4.91. The predicted octanol–water partition coefficient (Wildman–Crippen LogP) is 4.83. The lowest BCUT2D eigenvalue weighted by molar-refractivity contribution is -0.116. The first-order valence-corrected chi connectivity index (χ1v) is 10.0. The van der Waals surface area contributed by atoms with Crippen molar-refractivity contribution >= 4 is 23.3 Å². The largest absolute Gasteiger partial charge is 0.493 e. The van der Waals surface area contributed by atoms with Crippen molar-refractivity contribution < 1.29 is 23.4 Å². The van der Waals surface area contributed by atoms with Crippen LogP contribution in [-0.2, 0) is 4.79 Å². The van der Waals surface area contributed by atoms with Crippen molar-refractivity contribution in [2.24, 2.45) is 0 Å². The van der Waals surface area contributed by atoms with Crippen LogP contribution < -0.4 is 19.5 Å². The van der Waals surface area contributed by atoms with Crippen LogP contribution in [0.5, 0.6) is 17.2 Å². The van der Waals surface area contributed by atoms with Crippen LogP contribution in [0.1, 0.15) is 22.0 Å². The minimum atomic E-state index is -0.373. The maximum absolute atomic E-state index is 13.3. The second-order valence-corrected chi connectivity index (χ2v) is 7.28. The van der Waals surface area contributed by atoms with E-state index in [9.17, 15) is 9.18 Å². The Morgan fingerprint density at radius 1 is 1.03 bits per heavy atom. The number of nitrogens with one attached hydrogen (secondary N) is 1. The Morgan fingerprint density at radius 2 is 1.70 bits per heavy atom. The molecular weight excluding hydrogens is 405 g/mol. The summed E-state index contributed by atoms with van der Waals surface area (Å²) < 4.78 is 29.3. The van der Waals surface area contributed by atoms with Crippen molar-refractivity contribution in [2.45, 2.75) is 6.04 Å². The number of carbonyl (C=O) groups excluding carboxylic acids is 1. The van der Waals surface area contributed by atoms with Gasteiger partial charge in [-0.3, -0.25) is 4.79 Å².